The molecule has 11 heavy (non-hydrogen) atoms. The molecule has 0 aliphatic rings. The Balaban J connectivity index is 2.53. The number of rotatable bonds is 1. The molecule has 0 amide bonds. The zero-order valence-electron chi connectivity index (χ0n) is 5.28. The Bertz CT molecular complexity index is 339. The third-order valence-electron chi connectivity index (χ3n) is 1.13. The molecule has 0 aromatic carbocycles. The molecule has 2 heterocycles. The summed E-state index contributed by atoms with van der Waals surface area (Å²) in [6.07, 6.45) is 4.22. The number of hydrogen-bond acceptors (Lipinski definition) is 5. The molecular formula is C4H3N5O2. The summed E-state index contributed by atoms with van der Waals surface area (Å²) in [4.78, 5) is 0.245. The van der Waals surface area contributed by atoms with Gasteiger partial charge in [0.1, 0.15) is 6.20 Å². The first-order chi connectivity index (χ1) is 5.38. The van der Waals surface area contributed by atoms with Gasteiger partial charge in [0.05, 0.1) is 6.20 Å². The van der Waals surface area contributed by atoms with Crippen molar-refractivity contribution in [2.45, 2.75) is 0 Å². The van der Waals surface area contributed by atoms with Gasteiger partial charge in [0.15, 0.2) is 0 Å². The zero-order valence-corrected chi connectivity index (χ0v) is 5.28. The predicted octanol–water partition coefficient (Wildman–Crippen LogP) is -1.11. The first kappa shape index (κ1) is 5.83. The van der Waals surface area contributed by atoms with Crippen LogP contribution in [0.25, 0.3) is 5.82 Å². The van der Waals surface area contributed by atoms with Gasteiger partial charge in [-0.05, 0) is 5.16 Å². The second-order valence-corrected chi connectivity index (χ2v) is 1.78. The number of hydrogen-bond donors (Lipinski definition) is 0. The highest BCUT2D eigenvalue weighted by Gasteiger charge is 2.09. The van der Waals surface area contributed by atoms with E-state index in [4.69, 9.17) is 0 Å². The third kappa shape index (κ3) is 0.820. The Kier molecular flexibility index (Phi) is 1.08. The smallest absolute Gasteiger partial charge is 0.325 e. The van der Waals surface area contributed by atoms with E-state index in [1.165, 1.54) is 23.3 Å². The predicted molar refractivity (Wildman–Crippen MR) is 30.4 cm³/mol. The molecule has 0 unspecified atom stereocenters. The molecule has 0 spiro atoms. The Labute approximate surface area is 60.4 Å². The van der Waals surface area contributed by atoms with Gasteiger partial charge in [0.25, 0.3) is 0 Å². The summed E-state index contributed by atoms with van der Waals surface area (Å²) >= 11 is 0. The molecule has 0 fully saturated rings. The highest BCUT2D eigenvalue weighted by atomic mass is 16.8. The molecule has 0 aliphatic heterocycles. The van der Waals surface area contributed by atoms with Crippen molar-refractivity contribution in [3.05, 3.63) is 23.8 Å². The van der Waals surface area contributed by atoms with Gasteiger partial charge in [-0.3, -0.25) is 0 Å². The summed E-state index contributed by atoms with van der Waals surface area (Å²) in [6.45, 7) is 0. The molecule has 0 bridgehead atoms. The molecule has 7 nitrogen and oxygen atoms in total. The van der Waals surface area contributed by atoms with Crippen LogP contribution in [0.3, 0.4) is 0 Å². The van der Waals surface area contributed by atoms with Crippen molar-refractivity contribution in [1.29, 1.82) is 0 Å². The summed E-state index contributed by atoms with van der Waals surface area (Å²) in [6, 6.07) is 0. The van der Waals surface area contributed by atoms with E-state index in [2.05, 4.69) is 20.1 Å². The minimum absolute atomic E-state index is 0.183. The van der Waals surface area contributed by atoms with Crippen LogP contribution in [-0.4, -0.2) is 20.2 Å². The topological polar surface area (TPSA) is 83.7 Å². The molecule has 0 atom stereocenters. The third-order valence-corrected chi connectivity index (χ3v) is 1.13. The summed E-state index contributed by atoms with van der Waals surface area (Å²) in [7, 11) is 0. The minimum atomic E-state index is 0.183. The van der Waals surface area contributed by atoms with Crippen LogP contribution in [0.1, 0.15) is 0 Å². The maximum absolute atomic E-state index is 10.7. The SMILES string of the molecule is [O-][n+]1oncc1-n1ccnn1. The summed E-state index contributed by atoms with van der Waals surface area (Å²) < 4.78 is 5.46. The van der Waals surface area contributed by atoms with E-state index in [9.17, 15) is 5.21 Å². The lowest BCUT2D eigenvalue weighted by molar-refractivity contribution is -0.797. The molecule has 7 heteroatoms. The quantitative estimate of drug-likeness (QED) is 0.485. The van der Waals surface area contributed by atoms with E-state index in [0.717, 1.165) is 0 Å². The van der Waals surface area contributed by atoms with Gasteiger partial charge in [0, 0.05) is 5.21 Å². The zero-order chi connectivity index (χ0) is 7.68. The van der Waals surface area contributed by atoms with E-state index in [0.29, 0.717) is 0 Å². The average molecular weight is 153 g/mol. The molecule has 0 N–H and O–H groups in total. The fourth-order valence-electron chi connectivity index (χ4n) is 0.676. The molecule has 2 aromatic heterocycles. The normalized spacial score (nSPS) is 10.2. The van der Waals surface area contributed by atoms with Crippen molar-refractivity contribution in [2.24, 2.45) is 0 Å². The van der Waals surface area contributed by atoms with Gasteiger partial charge in [-0.2, -0.15) is 0 Å². The molecule has 56 valence electrons. The monoisotopic (exact) mass is 153 g/mol. The molecule has 0 radical (unpaired) electrons. The van der Waals surface area contributed by atoms with Crippen LogP contribution in [0.5, 0.6) is 0 Å². The lowest BCUT2D eigenvalue weighted by atomic mass is 10.7. The van der Waals surface area contributed by atoms with Crippen molar-refractivity contribution in [1.82, 2.24) is 20.2 Å². The maximum atomic E-state index is 10.7. The van der Waals surface area contributed by atoms with Crippen LogP contribution >= 0.6 is 0 Å². The molecule has 2 rings (SSSR count). The molecule has 2 aromatic rings. The van der Waals surface area contributed by atoms with Crippen molar-refractivity contribution in [2.75, 3.05) is 0 Å². The molecule has 0 saturated heterocycles. The van der Waals surface area contributed by atoms with Gasteiger partial charge in [-0.15, -0.1) is 9.78 Å². The van der Waals surface area contributed by atoms with E-state index in [1.54, 1.807) is 0 Å². The van der Waals surface area contributed by atoms with Gasteiger partial charge in [-0.1, -0.05) is 4.90 Å². The highest BCUT2D eigenvalue weighted by molar-refractivity contribution is 5.04. The summed E-state index contributed by atoms with van der Waals surface area (Å²) in [5, 5.41) is 21.1. The average Bonchev–Trinajstić information content (AvgIpc) is 2.55. The van der Waals surface area contributed by atoms with Gasteiger partial charge >= 0.3 is 5.82 Å². The van der Waals surface area contributed by atoms with E-state index in [-0.39, 0.29) is 10.7 Å². The lowest BCUT2D eigenvalue weighted by Gasteiger charge is -1.90. The molecule has 0 aliphatic carbocycles. The van der Waals surface area contributed by atoms with Crippen molar-refractivity contribution in [3.8, 4) is 5.82 Å². The van der Waals surface area contributed by atoms with Gasteiger partial charge in [0.2, 0.25) is 6.20 Å². The van der Waals surface area contributed by atoms with Gasteiger partial charge in [-0.25, -0.2) is 0 Å². The van der Waals surface area contributed by atoms with Crippen molar-refractivity contribution >= 4 is 0 Å². The first-order valence-electron chi connectivity index (χ1n) is 2.79. The Morgan fingerprint density at radius 1 is 1.64 bits per heavy atom. The van der Waals surface area contributed by atoms with Crippen molar-refractivity contribution in [3.63, 3.8) is 0 Å². The Hall–Kier alpha value is -1.92. The van der Waals surface area contributed by atoms with Crippen LogP contribution in [-0.2, 0) is 0 Å². The fraction of sp³-hybridized carbons (Fsp3) is 0. The summed E-state index contributed by atoms with van der Waals surface area (Å²) in [5.41, 5.74) is 0. The second-order valence-electron chi connectivity index (χ2n) is 1.78. The molecule has 0 saturated carbocycles. The molecular weight excluding hydrogens is 150 g/mol. The van der Waals surface area contributed by atoms with Crippen molar-refractivity contribution < 1.29 is 9.53 Å². The fourth-order valence-corrected chi connectivity index (χ4v) is 0.676. The first-order valence-corrected chi connectivity index (χ1v) is 2.79. The number of nitrogens with zero attached hydrogens (tertiary/aromatic N) is 5. The lowest BCUT2D eigenvalue weighted by Crippen LogP contribution is -2.28. The van der Waals surface area contributed by atoms with Crippen LogP contribution in [0.4, 0.5) is 0 Å². The Morgan fingerprint density at radius 2 is 2.55 bits per heavy atom. The standard InChI is InChI=1S/C4H3N5O2/c10-9-4(3-6-11-9)8-2-1-5-7-8/h1-3H. The van der Waals surface area contributed by atoms with E-state index in [1.807, 2.05) is 0 Å². The Morgan fingerprint density at radius 3 is 3.09 bits per heavy atom. The van der Waals surface area contributed by atoms with Crippen LogP contribution < -0.4 is 4.90 Å². The van der Waals surface area contributed by atoms with E-state index < -0.39 is 0 Å². The highest BCUT2D eigenvalue weighted by Crippen LogP contribution is 1.93. The summed E-state index contributed by atoms with van der Waals surface area (Å²) in [5.74, 6) is 0.183. The van der Waals surface area contributed by atoms with E-state index >= 15 is 0 Å². The second kappa shape index (κ2) is 2.04. The van der Waals surface area contributed by atoms with Crippen LogP contribution in [0, 0.1) is 5.21 Å². The number of aromatic nitrogens is 5. The van der Waals surface area contributed by atoms with Gasteiger partial charge < -0.3 is 9.84 Å². The largest absolute Gasteiger partial charge is 0.391 e. The van der Waals surface area contributed by atoms with Crippen LogP contribution in [0.15, 0.2) is 23.2 Å². The maximum Gasteiger partial charge on any atom is 0.325 e. The van der Waals surface area contributed by atoms with Crippen LogP contribution in [0.2, 0.25) is 0 Å². The minimum Gasteiger partial charge on any atom is -0.391 e.